The maximum Gasteiger partial charge on any atom is 0.328 e. The number of para-hydroxylation sites is 9. The van der Waals surface area contributed by atoms with Gasteiger partial charge < -0.3 is 4.74 Å². The van der Waals surface area contributed by atoms with Gasteiger partial charge in [0.15, 0.2) is 5.16 Å². The lowest BCUT2D eigenvalue weighted by atomic mass is 10.2. The maximum atomic E-state index is 6.19. The van der Waals surface area contributed by atoms with Gasteiger partial charge in [-0.2, -0.15) is 29.9 Å². The number of aromatic nitrogens is 6. The zero-order valence-corrected chi connectivity index (χ0v) is 43.0. The van der Waals surface area contributed by atoms with Crippen molar-refractivity contribution < 1.29 is 4.74 Å². The Morgan fingerprint density at radius 1 is 0.231 bits per heavy atom. The Kier molecular flexibility index (Phi) is 15.8. The fourth-order valence-corrected chi connectivity index (χ4v) is 9.25. The van der Waals surface area contributed by atoms with Crippen LogP contribution < -0.4 is 24.3 Å². The Morgan fingerprint density at radius 3 is 0.705 bits per heavy atom. The fourth-order valence-electron chi connectivity index (χ4n) is 8.49. The summed E-state index contributed by atoms with van der Waals surface area (Å²) >= 11 is 1.52. The van der Waals surface area contributed by atoms with E-state index in [4.69, 9.17) is 34.6 Å². The van der Waals surface area contributed by atoms with Crippen LogP contribution in [0.4, 0.5) is 69.3 Å². The van der Waals surface area contributed by atoms with E-state index in [1.807, 2.05) is 252 Å². The predicted molar refractivity (Wildman–Crippen MR) is 315 cm³/mol. The van der Waals surface area contributed by atoms with Crippen LogP contribution in [0.5, 0.6) is 11.8 Å². The van der Waals surface area contributed by atoms with Gasteiger partial charge in [0.2, 0.25) is 23.8 Å². The summed E-state index contributed by atoms with van der Waals surface area (Å²) in [6, 6.07) is 101. The Labute approximate surface area is 458 Å². The molecule has 2 aromatic heterocycles. The molecule has 12 heteroatoms. The minimum Gasteiger partial charge on any atom is -0.424 e. The summed E-state index contributed by atoms with van der Waals surface area (Å²) in [5.41, 5.74) is 7.50. The first-order valence-corrected chi connectivity index (χ1v) is 26.1. The Balaban J connectivity index is 0.000000165. The van der Waals surface area contributed by atoms with E-state index in [1.165, 1.54) is 11.8 Å². The molecule has 0 saturated heterocycles. The van der Waals surface area contributed by atoms with Crippen molar-refractivity contribution in [3.8, 4) is 11.8 Å². The van der Waals surface area contributed by atoms with E-state index in [9.17, 15) is 0 Å². The van der Waals surface area contributed by atoms with Gasteiger partial charge in [-0.1, -0.05) is 182 Å². The number of hydrogen-bond donors (Lipinski definition) is 0. The molecule has 0 atom stereocenters. The molecular weight excluding hydrogens is 981 g/mol. The van der Waals surface area contributed by atoms with Gasteiger partial charge in [0.05, 0.1) is 0 Å². The summed E-state index contributed by atoms with van der Waals surface area (Å²) in [5, 5.41) is 0.606. The van der Waals surface area contributed by atoms with E-state index in [1.54, 1.807) is 0 Å². The molecule has 0 fully saturated rings. The smallest absolute Gasteiger partial charge is 0.328 e. The summed E-state index contributed by atoms with van der Waals surface area (Å²) in [6.07, 6.45) is 0. The lowest BCUT2D eigenvalue weighted by Crippen LogP contribution is -2.19. The number of benzene rings is 10. The van der Waals surface area contributed by atoms with Crippen LogP contribution in [0.25, 0.3) is 0 Å². The number of anilines is 12. The highest BCUT2D eigenvalue weighted by molar-refractivity contribution is 7.99. The SMILES string of the molecule is c1ccc(Oc2nc(N(c3ccccc3)c3ccccc3)nc(N(c3ccccc3)c3ccccc3)n2)cc1.c1ccc(Sc2nc(N(c3ccccc3)c3ccccc3)nc(N(c3ccccc3)c3ccccc3)n2)cc1. The zero-order valence-electron chi connectivity index (χ0n) is 42.2. The summed E-state index contributed by atoms with van der Waals surface area (Å²) in [5.74, 6) is 2.57. The average Bonchev–Trinajstić information content (AvgIpc) is 3.54. The van der Waals surface area contributed by atoms with E-state index in [-0.39, 0.29) is 6.01 Å². The van der Waals surface area contributed by atoms with Gasteiger partial charge in [0, 0.05) is 50.4 Å². The highest BCUT2D eigenvalue weighted by atomic mass is 32.2. The van der Waals surface area contributed by atoms with Crippen LogP contribution in [0.1, 0.15) is 0 Å². The normalized spacial score (nSPS) is 10.6. The highest BCUT2D eigenvalue weighted by Gasteiger charge is 2.25. The van der Waals surface area contributed by atoms with Crippen molar-refractivity contribution in [1.29, 1.82) is 0 Å². The van der Waals surface area contributed by atoms with Gasteiger partial charge in [-0.05, 0) is 133 Å². The molecule has 0 aliphatic heterocycles. The average molecular weight is 1030 g/mol. The number of ether oxygens (including phenoxy) is 1. The van der Waals surface area contributed by atoms with E-state index >= 15 is 0 Å². The Morgan fingerprint density at radius 2 is 0.449 bits per heavy atom. The first-order valence-electron chi connectivity index (χ1n) is 25.3. The largest absolute Gasteiger partial charge is 0.424 e. The molecule has 12 aromatic rings. The van der Waals surface area contributed by atoms with Crippen LogP contribution >= 0.6 is 11.8 Å². The lowest BCUT2D eigenvalue weighted by molar-refractivity contribution is 0.440. The topological polar surface area (TPSA) is 99.5 Å². The first kappa shape index (κ1) is 49.8. The summed E-state index contributed by atoms with van der Waals surface area (Å²) in [6.45, 7) is 0. The van der Waals surface area contributed by atoms with Crippen molar-refractivity contribution in [2.24, 2.45) is 0 Å². The second-order valence-electron chi connectivity index (χ2n) is 17.3. The van der Waals surface area contributed by atoms with Crippen LogP contribution in [0.2, 0.25) is 0 Å². The quantitative estimate of drug-likeness (QED) is 0.0921. The minimum absolute atomic E-state index is 0.190. The van der Waals surface area contributed by atoms with Gasteiger partial charge >= 0.3 is 6.01 Å². The number of rotatable bonds is 16. The highest BCUT2D eigenvalue weighted by Crippen LogP contribution is 2.40. The van der Waals surface area contributed by atoms with E-state index in [0.29, 0.717) is 34.7 Å². The second-order valence-corrected chi connectivity index (χ2v) is 18.3. The molecule has 0 bridgehead atoms. The van der Waals surface area contributed by atoms with Crippen LogP contribution in [0, 0.1) is 0 Å². The van der Waals surface area contributed by atoms with Crippen molar-refractivity contribution >= 4 is 81.1 Å². The van der Waals surface area contributed by atoms with Crippen molar-refractivity contribution in [3.63, 3.8) is 0 Å². The lowest BCUT2D eigenvalue weighted by Gasteiger charge is -2.27. The molecule has 12 rings (SSSR count). The van der Waals surface area contributed by atoms with Crippen molar-refractivity contribution in [2.75, 3.05) is 19.6 Å². The van der Waals surface area contributed by atoms with E-state index in [2.05, 4.69) is 70.5 Å². The zero-order chi connectivity index (χ0) is 52.6. The molecular formula is C66H50N10OS. The minimum atomic E-state index is 0.190. The van der Waals surface area contributed by atoms with E-state index in [0.717, 1.165) is 50.4 Å². The molecule has 2 heterocycles. The molecule has 10 aromatic carbocycles. The predicted octanol–water partition coefficient (Wildman–Crippen LogP) is 17.6. The maximum absolute atomic E-state index is 6.19. The molecule has 11 nitrogen and oxygen atoms in total. The third kappa shape index (κ3) is 12.2. The molecule has 0 saturated carbocycles. The molecule has 0 unspecified atom stereocenters. The molecule has 0 aliphatic rings. The fraction of sp³-hybridized carbons (Fsp3) is 0. The molecule has 78 heavy (non-hydrogen) atoms. The van der Waals surface area contributed by atoms with Gasteiger partial charge in [-0.3, -0.25) is 19.6 Å². The van der Waals surface area contributed by atoms with Gasteiger partial charge in [-0.15, -0.1) is 0 Å². The van der Waals surface area contributed by atoms with Crippen LogP contribution in [-0.4, -0.2) is 29.9 Å². The van der Waals surface area contributed by atoms with Crippen LogP contribution in [0.15, 0.2) is 313 Å². The third-order valence-corrected chi connectivity index (χ3v) is 12.9. The van der Waals surface area contributed by atoms with E-state index < -0.39 is 0 Å². The molecule has 0 aliphatic carbocycles. The molecule has 0 radical (unpaired) electrons. The molecule has 0 spiro atoms. The summed E-state index contributed by atoms with van der Waals surface area (Å²) in [4.78, 5) is 38.9. The monoisotopic (exact) mass is 1030 g/mol. The standard InChI is InChI=1S/C33H25N5O.C33H25N5S/c2*1-6-16-26(17-7-1)37(27-18-8-2-9-19-27)31-34-32(36-33(35-31)39-30-24-14-5-15-25-30)38(28-20-10-3-11-21-28)29-22-12-4-13-23-29/h2*1-25H. The van der Waals surface area contributed by atoms with Crippen molar-refractivity contribution in [2.45, 2.75) is 10.1 Å². The number of nitrogens with zero attached hydrogens (tertiary/aromatic N) is 10. The Bertz CT molecular complexity index is 3130. The van der Waals surface area contributed by atoms with Crippen molar-refractivity contribution in [1.82, 2.24) is 29.9 Å². The van der Waals surface area contributed by atoms with Gasteiger partial charge in [0.1, 0.15) is 5.75 Å². The third-order valence-electron chi connectivity index (χ3n) is 12.0. The molecule has 0 amide bonds. The molecule has 376 valence electrons. The molecule has 0 N–H and O–H groups in total. The van der Waals surface area contributed by atoms with Gasteiger partial charge in [-0.25, -0.2) is 0 Å². The number of hydrogen-bond acceptors (Lipinski definition) is 12. The first-order chi connectivity index (χ1) is 38.7. The van der Waals surface area contributed by atoms with Crippen LogP contribution in [0.3, 0.4) is 0 Å². The Hall–Kier alpha value is -10.4. The van der Waals surface area contributed by atoms with Gasteiger partial charge in [0.25, 0.3) is 0 Å². The van der Waals surface area contributed by atoms with Crippen LogP contribution in [-0.2, 0) is 0 Å². The summed E-state index contributed by atoms with van der Waals surface area (Å²) < 4.78 is 6.19. The second kappa shape index (κ2) is 24.7. The summed E-state index contributed by atoms with van der Waals surface area (Å²) in [7, 11) is 0. The van der Waals surface area contributed by atoms with Crippen molar-refractivity contribution in [3.05, 3.63) is 303 Å².